The van der Waals surface area contributed by atoms with Gasteiger partial charge in [-0.2, -0.15) is 0 Å². The summed E-state index contributed by atoms with van der Waals surface area (Å²) in [6.07, 6.45) is 3.12. The molecule has 0 aliphatic heterocycles. The second kappa shape index (κ2) is 7.07. The van der Waals surface area contributed by atoms with Crippen LogP contribution in [0.15, 0.2) is 47.9 Å². The average Bonchev–Trinajstić information content (AvgIpc) is 2.59. The summed E-state index contributed by atoms with van der Waals surface area (Å²) in [5.41, 5.74) is 6.52. The molecule has 0 saturated heterocycles. The van der Waals surface area contributed by atoms with Gasteiger partial charge in [-0.15, -0.1) is 0 Å². The Bertz CT molecular complexity index is 686. The molecule has 0 spiro atoms. The zero-order chi connectivity index (χ0) is 15.9. The van der Waals surface area contributed by atoms with Gasteiger partial charge in [-0.1, -0.05) is 11.2 Å². The standard InChI is InChI=1S/C15H15N3O4/c1-20-12-5-3-4-11(13(12)21-2)15(19)22-18-14(16)10-6-8-17-9-7-10/h3-9H,1-2H3,(H2,16,18). The zero-order valence-corrected chi connectivity index (χ0v) is 12.1. The number of methoxy groups -OCH3 is 2. The molecular formula is C15H15N3O4. The Labute approximate surface area is 127 Å². The third-order valence-electron chi connectivity index (χ3n) is 2.83. The van der Waals surface area contributed by atoms with E-state index in [-0.39, 0.29) is 17.1 Å². The van der Waals surface area contributed by atoms with Crippen molar-refractivity contribution < 1.29 is 19.1 Å². The van der Waals surface area contributed by atoms with Gasteiger partial charge in [0, 0.05) is 18.0 Å². The minimum absolute atomic E-state index is 0.0672. The van der Waals surface area contributed by atoms with E-state index < -0.39 is 5.97 Å². The third kappa shape index (κ3) is 3.32. The molecule has 1 heterocycles. The number of aromatic nitrogens is 1. The number of para-hydroxylation sites is 1. The van der Waals surface area contributed by atoms with Crippen molar-refractivity contribution in [3.8, 4) is 11.5 Å². The van der Waals surface area contributed by atoms with E-state index >= 15 is 0 Å². The van der Waals surface area contributed by atoms with Gasteiger partial charge in [-0.05, 0) is 24.3 Å². The van der Waals surface area contributed by atoms with Crippen LogP contribution in [-0.4, -0.2) is 31.0 Å². The highest BCUT2D eigenvalue weighted by molar-refractivity contribution is 5.98. The molecule has 7 nitrogen and oxygen atoms in total. The fourth-order valence-corrected chi connectivity index (χ4v) is 1.76. The van der Waals surface area contributed by atoms with Gasteiger partial charge in [0.2, 0.25) is 0 Å². The SMILES string of the molecule is COc1cccc(C(=O)O/N=C(/N)c2ccncc2)c1OC. The van der Waals surface area contributed by atoms with Crippen molar-refractivity contribution in [3.63, 3.8) is 0 Å². The van der Waals surface area contributed by atoms with Crippen LogP contribution in [0.2, 0.25) is 0 Å². The highest BCUT2D eigenvalue weighted by Gasteiger charge is 2.18. The summed E-state index contributed by atoms with van der Waals surface area (Å²) < 4.78 is 10.3. The van der Waals surface area contributed by atoms with Crippen LogP contribution in [0.5, 0.6) is 11.5 Å². The quantitative estimate of drug-likeness (QED) is 0.390. The molecule has 22 heavy (non-hydrogen) atoms. The largest absolute Gasteiger partial charge is 0.493 e. The molecule has 114 valence electrons. The monoisotopic (exact) mass is 301 g/mol. The number of hydrogen-bond acceptors (Lipinski definition) is 6. The molecule has 0 bridgehead atoms. The van der Waals surface area contributed by atoms with Crippen LogP contribution in [0.3, 0.4) is 0 Å². The summed E-state index contributed by atoms with van der Waals surface area (Å²) >= 11 is 0. The van der Waals surface area contributed by atoms with Crippen molar-refractivity contribution in [2.24, 2.45) is 10.9 Å². The summed E-state index contributed by atoms with van der Waals surface area (Å²) in [5, 5.41) is 3.62. The van der Waals surface area contributed by atoms with E-state index in [0.717, 1.165) is 0 Å². The van der Waals surface area contributed by atoms with Crippen LogP contribution in [0.1, 0.15) is 15.9 Å². The Morgan fingerprint density at radius 1 is 1.14 bits per heavy atom. The van der Waals surface area contributed by atoms with Crippen LogP contribution in [0.4, 0.5) is 0 Å². The number of ether oxygens (including phenoxy) is 2. The zero-order valence-electron chi connectivity index (χ0n) is 12.1. The number of benzene rings is 1. The highest BCUT2D eigenvalue weighted by Crippen LogP contribution is 2.31. The van der Waals surface area contributed by atoms with Crippen LogP contribution >= 0.6 is 0 Å². The predicted octanol–water partition coefficient (Wildman–Crippen LogP) is 1.58. The van der Waals surface area contributed by atoms with Gasteiger partial charge in [0.05, 0.1) is 14.2 Å². The van der Waals surface area contributed by atoms with E-state index in [4.69, 9.17) is 20.0 Å². The Morgan fingerprint density at radius 3 is 2.50 bits per heavy atom. The van der Waals surface area contributed by atoms with Crippen molar-refractivity contribution >= 4 is 11.8 Å². The van der Waals surface area contributed by atoms with Crippen LogP contribution in [0.25, 0.3) is 0 Å². The van der Waals surface area contributed by atoms with Gasteiger partial charge in [-0.3, -0.25) is 4.98 Å². The third-order valence-corrected chi connectivity index (χ3v) is 2.83. The summed E-state index contributed by atoms with van der Waals surface area (Å²) in [5.74, 6) is 0.0566. The Balaban J connectivity index is 2.20. The smallest absolute Gasteiger partial charge is 0.369 e. The lowest BCUT2D eigenvalue weighted by Crippen LogP contribution is -2.15. The molecule has 0 amide bonds. The van der Waals surface area contributed by atoms with Gasteiger partial charge in [0.1, 0.15) is 5.56 Å². The fraction of sp³-hybridized carbons (Fsp3) is 0.133. The topological polar surface area (TPSA) is 96.0 Å². The molecule has 1 aromatic heterocycles. The molecule has 2 N–H and O–H groups in total. The Kier molecular flexibility index (Phi) is 4.92. The van der Waals surface area contributed by atoms with Crippen LogP contribution < -0.4 is 15.2 Å². The van der Waals surface area contributed by atoms with Gasteiger partial charge in [0.15, 0.2) is 17.3 Å². The summed E-state index contributed by atoms with van der Waals surface area (Å²) in [6.45, 7) is 0. The number of nitrogens with two attached hydrogens (primary N) is 1. The summed E-state index contributed by atoms with van der Waals surface area (Å²) in [4.78, 5) is 20.8. The van der Waals surface area contributed by atoms with E-state index in [9.17, 15) is 4.79 Å². The number of carbonyl (C=O) groups is 1. The first-order chi connectivity index (χ1) is 10.7. The van der Waals surface area contributed by atoms with E-state index in [1.54, 1.807) is 42.7 Å². The number of pyridine rings is 1. The molecule has 2 aromatic rings. The molecule has 0 radical (unpaired) electrons. The minimum atomic E-state index is -0.701. The molecule has 0 aliphatic carbocycles. The maximum Gasteiger partial charge on any atom is 0.369 e. The molecule has 1 aromatic carbocycles. The molecule has 2 rings (SSSR count). The number of rotatable bonds is 5. The van der Waals surface area contributed by atoms with Crippen LogP contribution in [-0.2, 0) is 4.84 Å². The summed E-state index contributed by atoms with van der Waals surface area (Å²) in [6, 6.07) is 8.16. The second-order valence-corrected chi connectivity index (χ2v) is 4.13. The van der Waals surface area contributed by atoms with Crippen molar-refractivity contribution in [1.29, 1.82) is 0 Å². The van der Waals surface area contributed by atoms with Crippen molar-refractivity contribution in [3.05, 3.63) is 53.9 Å². The number of hydrogen-bond donors (Lipinski definition) is 1. The molecular weight excluding hydrogens is 286 g/mol. The van der Waals surface area contributed by atoms with Crippen molar-refractivity contribution in [2.75, 3.05) is 14.2 Å². The molecule has 0 atom stereocenters. The van der Waals surface area contributed by atoms with Gasteiger partial charge < -0.3 is 20.0 Å². The van der Waals surface area contributed by atoms with Crippen LogP contribution in [0, 0.1) is 0 Å². The Morgan fingerprint density at radius 2 is 1.86 bits per heavy atom. The van der Waals surface area contributed by atoms with E-state index in [1.165, 1.54) is 14.2 Å². The van der Waals surface area contributed by atoms with E-state index in [1.807, 2.05) is 0 Å². The average molecular weight is 301 g/mol. The number of amidine groups is 1. The number of oxime groups is 1. The molecule has 0 unspecified atom stereocenters. The first kappa shape index (κ1) is 15.3. The first-order valence-electron chi connectivity index (χ1n) is 6.33. The first-order valence-corrected chi connectivity index (χ1v) is 6.33. The predicted molar refractivity (Wildman–Crippen MR) is 79.9 cm³/mol. The normalized spacial score (nSPS) is 10.9. The lowest BCUT2D eigenvalue weighted by atomic mass is 10.2. The van der Waals surface area contributed by atoms with Crippen molar-refractivity contribution in [2.45, 2.75) is 0 Å². The van der Waals surface area contributed by atoms with E-state index in [2.05, 4.69) is 10.1 Å². The Hall–Kier alpha value is -3.09. The number of carbonyl (C=O) groups excluding carboxylic acids is 1. The highest BCUT2D eigenvalue weighted by atomic mass is 16.7. The lowest BCUT2D eigenvalue weighted by molar-refractivity contribution is 0.0511. The number of nitrogens with zero attached hydrogens (tertiary/aromatic N) is 2. The molecule has 0 aliphatic rings. The van der Waals surface area contributed by atoms with E-state index in [0.29, 0.717) is 11.3 Å². The van der Waals surface area contributed by atoms with Gasteiger partial charge in [-0.25, -0.2) is 4.79 Å². The molecule has 7 heteroatoms. The maximum atomic E-state index is 12.1. The van der Waals surface area contributed by atoms with Gasteiger partial charge >= 0.3 is 5.97 Å². The van der Waals surface area contributed by atoms with Gasteiger partial charge in [0.25, 0.3) is 0 Å². The summed E-state index contributed by atoms with van der Waals surface area (Å²) in [7, 11) is 2.91. The van der Waals surface area contributed by atoms with Crippen molar-refractivity contribution in [1.82, 2.24) is 4.98 Å². The second-order valence-electron chi connectivity index (χ2n) is 4.13. The lowest BCUT2D eigenvalue weighted by Gasteiger charge is -2.10. The fourth-order valence-electron chi connectivity index (χ4n) is 1.76. The maximum absolute atomic E-state index is 12.1. The molecule has 0 saturated carbocycles. The molecule has 0 fully saturated rings. The minimum Gasteiger partial charge on any atom is -0.493 e.